The van der Waals surface area contributed by atoms with Crippen molar-refractivity contribution in [3.8, 4) is 0 Å². The summed E-state index contributed by atoms with van der Waals surface area (Å²) in [4.78, 5) is 15.7. The Balaban J connectivity index is 1.80. The fraction of sp³-hybridized carbons (Fsp3) is 0.750. The molecular weight excluding hydrogens is 300 g/mol. The Morgan fingerprint density at radius 3 is 2.75 bits per heavy atom. The predicted octanol–water partition coefficient (Wildman–Crippen LogP) is 3.90. The first-order chi connectivity index (χ1) is 11.4. The fourth-order valence-corrected chi connectivity index (χ4v) is 3.66. The number of ketones is 1. The van der Waals surface area contributed by atoms with Crippen molar-refractivity contribution in [3.63, 3.8) is 0 Å². The summed E-state index contributed by atoms with van der Waals surface area (Å²) in [6.45, 7) is 3.85. The highest BCUT2D eigenvalue weighted by atomic mass is 16.3. The van der Waals surface area contributed by atoms with Crippen LogP contribution in [0.15, 0.2) is 6.07 Å². The highest BCUT2D eigenvalue weighted by Crippen LogP contribution is 2.28. The van der Waals surface area contributed by atoms with Crippen LogP contribution in [0.5, 0.6) is 0 Å². The number of aromatic nitrogens is 1. The predicted molar refractivity (Wildman–Crippen MR) is 98.3 cm³/mol. The van der Waals surface area contributed by atoms with Gasteiger partial charge < -0.3 is 15.8 Å². The number of carbonyl (C=O) groups excluding carboxylic acids is 1. The Labute approximate surface area is 146 Å². The summed E-state index contributed by atoms with van der Waals surface area (Å²) in [6, 6.07) is 1.96. The number of Topliss-reactive ketones (excluding diaryl/α,β-unsaturated/α-hetero) is 1. The van der Waals surface area contributed by atoms with Gasteiger partial charge in [0.15, 0.2) is 5.78 Å². The van der Waals surface area contributed by atoms with Crippen LogP contribution in [0.2, 0.25) is 0 Å². The van der Waals surface area contributed by atoms with E-state index in [0.717, 1.165) is 35.7 Å². The molecule has 0 radical (unpaired) electrons. The van der Waals surface area contributed by atoms with Crippen LogP contribution < -0.4 is 5.73 Å². The number of aryl methyl sites for hydroxylation is 2. The summed E-state index contributed by atoms with van der Waals surface area (Å²) >= 11 is 0. The number of carbonyl (C=O) groups is 1. The van der Waals surface area contributed by atoms with Gasteiger partial charge in [0, 0.05) is 17.7 Å². The third-order valence-electron chi connectivity index (χ3n) is 5.47. The number of H-pyrrole nitrogens is 1. The second-order valence-electron chi connectivity index (χ2n) is 7.98. The van der Waals surface area contributed by atoms with E-state index in [2.05, 4.69) is 4.98 Å². The molecule has 0 spiro atoms. The molecule has 1 saturated carbocycles. The van der Waals surface area contributed by atoms with Gasteiger partial charge in [0.05, 0.1) is 12.3 Å². The van der Waals surface area contributed by atoms with E-state index in [-0.39, 0.29) is 12.4 Å². The van der Waals surface area contributed by atoms with Crippen molar-refractivity contribution in [1.82, 2.24) is 4.98 Å². The lowest BCUT2D eigenvalue weighted by Gasteiger charge is -2.21. The maximum absolute atomic E-state index is 12.4. The Morgan fingerprint density at radius 2 is 2.08 bits per heavy atom. The third-order valence-corrected chi connectivity index (χ3v) is 5.47. The Kier molecular flexibility index (Phi) is 7.05. The van der Waals surface area contributed by atoms with Gasteiger partial charge in [-0.15, -0.1) is 0 Å². The average Bonchev–Trinajstić information content (AvgIpc) is 2.95. The van der Waals surface area contributed by atoms with E-state index < -0.39 is 5.54 Å². The largest absolute Gasteiger partial charge is 0.394 e. The van der Waals surface area contributed by atoms with Gasteiger partial charge in [-0.2, -0.15) is 0 Å². The minimum atomic E-state index is -0.568. The van der Waals surface area contributed by atoms with Gasteiger partial charge in [-0.05, 0) is 50.7 Å². The van der Waals surface area contributed by atoms with E-state index in [4.69, 9.17) is 5.73 Å². The van der Waals surface area contributed by atoms with E-state index in [1.807, 2.05) is 19.9 Å². The number of rotatable bonds is 9. The summed E-state index contributed by atoms with van der Waals surface area (Å²) < 4.78 is 0. The van der Waals surface area contributed by atoms with Gasteiger partial charge in [-0.1, -0.05) is 38.5 Å². The Hall–Kier alpha value is -1.13. The number of aliphatic hydroxyl groups is 1. The number of nitrogens with two attached hydrogens (primary N) is 1. The van der Waals surface area contributed by atoms with Gasteiger partial charge in [-0.25, -0.2) is 0 Å². The van der Waals surface area contributed by atoms with Gasteiger partial charge in [0.2, 0.25) is 0 Å². The Morgan fingerprint density at radius 1 is 1.38 bits per heavy atom. The van der Waals surface area contributed by atoms with E-state index >= 15 is 0 Å². The number of aromatic amines is 1. The van der Waals surface area contributed by atoms with Crippen LogP contribution >= 0.6 is 0 Å². The average molecular weight is 335 g/mol. The van der Waals surface area contributed by atoms with Crippen molar-refractivity contribution in [2.45, 2.75) is 83.6 Å². The minimum Gasteiger partial charge on any atom is -0.394 e. The molecule has 0 aromatic carbocycles. The molecule has 1 aromatic rings. The molecule has 1 heterocycles. The molecule has 0 bridgehead atoms. The molecule has 1 unspecified atom stereocenters. The van der Waals surface area contributed by atoms with Gasteiger partial charge in [0.1, 0.15) is 0 Å². The summed E-state index contributed by atoms with van der Waals surface area (Å²) in [5.74, 6) is 1.06. The summed E-state index contributed by atoms with van der Waals surface area (Å²) in [7, 11) is 0. The van der Waals surface area contributed by atoms with Crippen molar-refractivity contribution in [2.24, 2.45) is 11.7 Å². The molecule has 0 amide bonds. The Bertz CT molecular complexity index is 528. The highest BCUT2D eigenvalue weighted by molar-refractivity contribution is 5.94. The van der Waals surface area contributed by atoms with Crippen molar-refractivity contribution in [3.05, 3.63) is 23.0 Å². The zero-order chi connectivity index (χ0) is 17.6. The van der Waals surface area contributed by atoms with E-state index in [9.17, 15) is 9.90 Å². The van der Waals surface area contributed by atoms with Crippen molar-refractivity contribution < 1.29 is 9.90 Å². The SMILES string of the molecule is Cc1cc(C(=O)CCCC2CCCCC2)[nH]c1CCC(C)(N)CO. The minimum absolute atomic E-state index is 0.0281. The van der Waals surface area contributed by atoms with Crippen LogP contribution in [0.3, 0.4) is 0 Å². The first-order valence-corrected chi connectivity index (χ1v) is 9.53. The van der Waals surface area contributed by atoms with Crippen molar-refractivity contribution in [1.29, 1.82) is 0 Å². The molecule has 1 aromatic heterocycles. The molecular formula is C20H34N2O2. The second-order valence-corrected chi connectivity index (χ2v) is 7.98. The zero-order valence-corrected chi connectivity index (χ0v) is 15.4. The smallest absolute Gasteiger partial charge is 0.179 e. The van der Waals surface area contributed by atoms with Gasteiger partial charge in [-0.3, -0.25) is 4.79 Å². The molecule has 4 nitrogen and oxygen atoms in total. The molecule has 136 valence electrons. The molecule has 1 atom stereocenters. The highest BCUT2D eigenvalue weighted by Gasteiger charge is 2.19. The maximum atomic E-state index is 12.4. The van der Waals surface area contributed by atoms with Crippen LogP contribution in [-0.4, -0.2) is 28.0 Å². The molecule has 1 aliphatic rings. The monoisotopic (exact) mass is 334 g/mol. The van der Waals surface area contributed by atoms with E-state index in [1.54, 1.807) is 0 Å². The number of aliphatic hydroxyl groups excluding tert-OH is 1. The number of nitrogens with one attached hydrogen (secondary N) is 1. The van der Waals surface area contributed by atoms with E-state index in [0.29, 0.717) is 12.8 Å². The quantitative estimate of drug-likeness (QED) is 0.599. The molecule has 0 saturated heterocycles. The summed E-state index contributed by atoms with van der Waals surface area (Å²) in [5, 5.41) is 9.25. The summed E-state index contributed by atoms with van der Waals surface area (Å²) in [5.41, 5.74) is 8.33. The lowest BCUT2D eigenvalue weighted by atomic mass is 9.85. The molecule has 4 heteroatoms. The first kappa shape index (κ1) is 19.2. The van der Waals surface area contributed by atoms with Crippen LogP contribution in [0.4, 0.5) is 0 Å². The lowest BCUT2D eigenvalue weighted by Crippen LogP contribution is -2.40. The molecule has 0 aliphatic heterocycles. The topological polar surface area (TPSA) is 79.1 Å². The van der Waals surface area contributed by atoms with Crippen LogP contribution in [0.25, 0.3) is 0 Å². The maximum Gasteiger partial charge on any atom is 0.179 e. The molecule has 1 aliphatic carbocycles. The normalized spacial score (nSPS) is 18.5. The molecule has 24 heavy (non-hydrogen) atoms. The molecule has 4 N–H and O–H groups in total. The zero-order valence-electron chi connectivity index (χ0n) is 15.4. The second kappa shape index (κ2) is 8.82. The number of hydrogen-bond donors (Lipinski definition) is 3. The van der Waals surface area contributed by atoms with Crippen molar-refractivity contribution in [2.75, 3.05) is 6.61 Å². The van der Waals surface area contributed by atoms with Gasteiger partial charge in [0.25, 0.3) is 0 Å². The molecule has 1 fully saturated rings. The van der Waals surface area contributed by atoms with Crippen LogP contribution in [-0.2, 0) is 6.42 Å². The summed E-state index contributed by atoms with van der Waals surface area (Å²) in [6.07, 6.45) is 11.1. The van der Waals surface area contributed by atoms with Crippen molar-refractivity contribution >= 4 is 5.78 Å². The fourth-order valence-electron chi connectivity index (χ4n) is 3.66. The van der Waals surface area contributed by atoms with E-state index in [1.165, 1.54) is 38.5 Å². The van der Waals surface area contributed by atoms with Crippen LogP contribution in [0.1, 0.15) is 86.5 Å². The first-order valence-electron chi connectivity index (χ1n) is 9.53. The van der Waals surface area contributed by atoms with Crippen LogP contribution in [0, 0.1) is 12.8 Å². The third kappa shape index (κ3) is 5.75. The standard InChI is InChI=1S/C20H34N2O2/c1-15-13-18(22-17(15)11-12-20(2,21)14-23)19(24)10-6-9-16-7-4-3-5-8-16/h13,16,22-23H,3-12,14,21H2,1-2H3. The molecule has 2 rings (SSSR count). The lowest BCUT2D eigenvalue weighted by molar-refractivity contribution is 0.0972. The number of hydrogen-bond acceptors (Lipinski definition) is 3. The van der Waals surface area contributed by atoms with Gasteiger partial charge >= 0.3 is 0 Å².